The zero-order valence-corrected chi connectivity index (χ0v) is 41.7. The van der Waals surface area contributed by atoms with Crippen LogP contribution in [-0.4, -0.2) is 37.2 Å². The SMILES string of the molecule is CCCCCCCCC/C=C/C=C/C=C/C=C/C=C/C(=O)OCC(COC(=O)/C=C/C=C/C=C/C=C/C=C/CCCCCCCCC)OC(=O)CCCCCCCCCCCCCCC. The summed E-state index contributed by atoms with van der Waals surface area (Å²) in [6.45, 7) is 6.31. The zero-order valence-electron chi connectivity index (χ0n) is 41.7. The number of ether oxygens (including phenoxy) is 3. The van der Waals surface area contributed by atoms with E-state index in [4.69, 9.17) is 14.2 Å². The van der Waals surface area contributed by atoms with Crippen LogP contribution in [0, 0.1) is 0 Å². The van der Waals surface area contributed by atoms with Crippen LogP contribution < -0.4 is 0 Å². The fourth-order valence-corrected chi connectivity index (χ4v) is 6.92. The highest BCUT2D eigenvalue weighted by Gasteiger charge is 2.18. The molecule has 0 saturated heterocycles. The first-order valence-corrected chi connectivity index (χ1v) is 26.2. The van der Waals surface area contributed by atoms with Gasteiger partial charge in [-0.2, -0.15) is 0 Å². The molecule has 6 heteroatoms. The van der Waals surface area contributed by atoms with E-state index in [1.165, 1.54) is 166 Å². The Morgan fingerprint density at radius 2 is 0.615 bits per heavy atom. The van der Waals surface area contributed by atoms with Crippen LogP contribution in [0.25, 0.3) is 0 Å². The van der Waals surface area contributed by atoms with Crippen LogP contribution in [0.1, 0.15) is 213 Å². The van der Waals surface area contributed by atoms with Crippen molar-refractivity contribution < 1.29 is 28.6 Å². The first-order valence-electron chi connectivity index (χ1n) is 26.2. The van der Waals surface area contributed by atoms with Crippen LogP contribution in [-0.2, 0) is 28.6 Å². The van der Waals surface area contributed by atoms with Crippen molar-refractivity contribution >= 4 is 17.9 Å². The Morgan fingerprint density at radius 1 is 0.338 bits per heavy atom. The zero-order chi connectivity index (χ0) is 47.2. The molecule has 366 valence electrons. The van der Waals surface area contributed by atoms with E-state index < -0.39 is 24.0 Å². The summed E-state index contributed by atoms with van der Waals surface area (Å²) in [5.41, 5.74) is 0. The van der Waals surface area contributed by atoms with Gasteiger partial charge in [0.2, 0.25) is 0 Å². The van der Waals surface area contributed by atoms with Gasteiger partial charge in [0.05, 0.1) is 0 Å². The number of unbranched alkanes of at least 4 members (excludes halogenated alkanes) is 26. The minimum Gasteiger partial charge on any atom is -0.458 e. The molecule has 0 aromatic rings. The molecule has 0 aliphatic heterocycles. The highest BCUT2D eigenvalue weighted by Crippen LogP contribution is 2.14. The Bertz CT molecular complexity index is 1320. The lowest BCUT2D eigenvalue weighted by atomic mass is 10.0. The van der Waals surface area contributed by atoms with Gasteiger partial charge in [0, 0.05) is 18.6 Å². The Labute approximate surface area is 399 Å². The summed E-state index contributed by atoms with van der Waals surface area (Å²) in [5.74, 6) is -1.56. The van der Waals surface area contributed by atoms with Gasteiger partial charge in [-0.3, -0.25) is 4.79 Å². The van der Waals surface area contributed by atoms with Gasteiger partial charge in [-0.15, -0.1) is 0 Å². The first kappa shape index (κ1) is 60.8. The second-order valence-electron chi connectivity index (χ2n) is 17.1. The molecule has 65 heavy (non-hydrogen) atoms. The van der Waals surface area contributed by atoms with Crippen molar-refractivity contribution in [1.82, 2.24) is 0 Å². The van der Waals surface area contributed by atoms with Crippen LogP contribution in [0.3, 0.4) is 0 Å². The Morgan fingerprint density at radius 3 is 0.954 bits per heavy atom. The molecule has 0 N–H and O–H groups in total. The quantitative estimate of drug-likeness (QED) is 0.0199. The Hall–Kier alpha value is -4.19. The number of carbonyl (C=O) groups is 3. The van der Waals surface area contributed by atoms with Crippen LogP contribution in [0.5, 0.6) is 0 Å². The van der Waals surface area contributed by atoms with Gasteiger partial charge in [0.1, 0.15) is 13.2 Å². The summed E-state index contributed by atoms with van der Waals surface area (Å²) in [7, 11) is 0. The van der Waals surface area contributed by atoms with Gasteiger partial charge in [-0.25, -0.2) is 9.59 Å². The molecule has 0 spiro atoms. The third-order valence-corrected chi connectivity index (χ3v) is 10.8. The lowest BCUT2D eigenvalue weighted by Crippen LogP contribution is -2.30. The highest BCUT2D eigenvalue weighted by atomic mass is 16.6. The minimum absolute atomic E-state index is 0.224. The predicted molar refractivity (Wildman–Crippen MR) is 279 cm³/mol. The second kappa shape index (κ2) is 52.4. The fraction of sp³-hybridized carbons (Fsp3) is 0.610. The van der Waals surface area contributed by atoms with Gasteiger partial charge >= 0.3 is 17.9 Å². The van der Waals surface area contributed by atoms with E-state index in [-0.39, 0.29) is 19.6 Å². The van der Waals surface area contributed by atoms with Crippen molar-refractivity contribution in [3.63, 3.8) is 0 Å². The predicted octanol–water partition coefficient (Wildman–Crippen LogP) is 17.3. The van der Waals surface area contributed by atoms with Crippen molar-refractivity contribution in [3.05, 3.63) is 122 Å². The third kappa shape index (κ3) is 50.7. The molecule has 6 nitrogen and oxygen atoms in total. The maximum absolute atomic E-state index is 12.8. The standard InChI is InChI=1S/C59H94O6/c1-4-7-10-13-16-19-22-25-27-29-31-34-36-39-42-45-48-51-57(60)63-54-56(65-59(62)53-50-47-44-41-38-33-24-21-18-15-12-9-6-3)55-64-58(61)52-49-46-43-40-37-35-32-30-28-26-23-20-17-14-11-8-5-2/h27-32,34-37,39-40,42-43,45-46,48-49,51-52,56H,4-26,33,38,41,44,47,50,53-55H2,1-3H3/b29-27+,30-28+,34-31+,35-32+,39-36+,40-37+,45-42+,46-43+,51-48+,52-49+. The monoisotopic (exact) mass is 899 g/mol. The van der Waals surface area contributed by atoms with E-state index in [0.717, 1.165) is 32.1 Å². The van der Waals surface area contributed by atoms with E-state index in [9.17, 15) is 14.4 Å². The van der Waals surface area contributed by atoms with Gasteiger partial charge in [0.25, 0.3) is 0 Å². The number of rotatable bonds is 45. The number of esters is 3. The van der Waals surface area contributed by atoms with E-state index in [1.54, 1.807) is 24.3 Å². The van der Waals surface area contributed by atoms with Gasteiger partial charge in [-0.1, -0.05) is 284 Å². The molecule has 0 saturated carbocycles. The Balaban J connectivity index is 4.76. The molecule has 0 atom stereocenters. The summed E-state index contributed by atoms with van der Waals surface area (Å²) in [6, 6.07) is 0. The molecule has 0 bridgehead atoms. The van der Waals surface area contributed by atoms with Crippen molar-refractivity contribution in [2.75, 3.05) is 13.2 Å². The molecule has 0 radical (unpaired) electrons. The van der Waals surface area contributed by atoms with Crippen LogP contribution >= 0.6 is 0 Å². The van der Waals surface area contributed by atoms with Gasteiger partial charge in [0.15, 0.2) is 6.10 Å². The molecular weight excluding hydrogens is 805 g/mol. The van der Waals surface area contributed by atoms with Crippen LogP contribution in [0.15, 0.2) is 122 Å². The van der Waals surface area contributed by atoms with Crippen LogP contribution in [0.2, 0.25) is 0 Å². The average molecular weight is 899 g/mol. The molecule has 0 heterocycles. The number of hydrogen-bond acceptors (Lipinski definition) is 6. The molecule has 0 aliphatic carbocycles. The first-order chi connectivity index (χ1) is 32.0. The van der Waals surface area contributed by atoms with Crippen molar-refractivity contribution in [2.45, 2.75) is 219 Å². The summed E-state index contributed by atoms with van der Waals surface area (Å²) < 4.78 is 16.4. The fourth-order valence-electron chi connectivity index (χ4n) is 6.92. The average Bonchev–Trinajstić information content (AvgIpc) is 3.30. The van der Waals surface area contributed by atoms with E-state index in [2.05, 4.69) is 45.1 Å². The lowest BCUT2D eigenvalue weighted by molar-refractivity contribution is -0.164. The summed E-state index contributed by atoms with van der Waals surface area (Å²) in [6.07, 6.45) is 73.0. The summed E-state index contributed by atoms with van der Waals surface area (Å²) >= 11 is 0. The number of hydrogen-bond donors (Lipinski definition) is 0. The molecule has 0 fully saturated rings. The van der Waals surface area contributed by atoms with E-state index >= 15 is 0 Å². The molecule has 0 amide bonds. The number of allylic oxidation sites excluding steroid dienone is 18. The molecule has 0 aromatic carbocycles. The molecule has 0 rings (SSSR count). The molecule has 0 unspecified atom stereocenters. The van der Waals surface area contributed by atoms with Gasteiger partial charge in [-0.05, 0) is 32.1 Å². The van der Waals surface area contributed by atoms with Crippen LogP contribution in [0.4, 0.5) is 0 Å². The van der Waals surface area contributed by atoms with Crippen molar-refractivity contribution in [3.8, 4) is 0 Å². The number of carbonyl (C=O) groups excluding carboxylic acids is 3. The topological polar surface area (TPSA) is 78.9 Å². The van der Waals surface area contributed by atoms with Crippen molar-refractivity contribution in [2.24, 2.45) is 0 Å². The normalized spacial score (nSPS) is 12.7. The molecule has 0 aliphatic rings. The molecule has 0 aromatic heterocycles. The van der Waals surface area contributed by atoms with Gasteiger partial charge < -0.3 is 14.2 Å². The van der Waals surface area contributed by atoms with E-state index in [0.29, 0.717) is 0 Å². The maximum atomic E-state index is 12.8. The minimum atomic E-state index is -0.913. The van der Waals surface area contributed by atoms with Crippen molar-refractivity contribution in [1.29, 1.82) is 0 Å². The summed E-state index contributed by atoms with van der Waals surface area (Å²) in [5, 5.41) is 0. The smallest absolute Gasteiger partial charge is 0.330 e. The molecular formula is C59H94O6. The Kier molecular flexibility index (Phi) is 49.1. The van der Waals surface area contributed by atoms with E-state index in [1.807, 2.05) is 60.8 Å². The largest absolute Gasteiger partial charge is 0.458 e. The maximum Gasteiger partial charge on any atom is 0.330 e. The third-order valence-electron chi connectivity index (χ3n) is 10.8. The summed E-state index contributed by atoms with van der Waals surface area (Å²) in [4.78, 5) is 37.7. The highest BCUT2D eigenvalue weighted by molar-refractivity contribution is 5.83. The second-order valence-corrected chi connectivity index (χ2v) is 17.1. The lowest BCUT2D eigenvalue weighted by Gasteiger charge is -2.17.